The van der Waals surface area contributed by atoms with Gasteiger partial charge >= 0.3 is 0 Å². The molecule has 2 aromatic heterocycles. The Bertz CT molecular complexity index is 1160. The van der Waals surface area contributed by atoms with E-state index in [1.807, 2.05) is 30.5 Å². The normalized spacial score (nSPS) is 11.3. The predicted octanol–water partition coefficient (Wildman–Crippen LogP) is 4.06. The summed E-state index contributed by atoms with van der Waals surface area (Å²) in [5.41, 5.74) is 5.35. The number of benzene rings is 2. The van der Waals surface area contributed by atoms with Gasteiger partial charge in [0.05, 0.1) is 11.7 Å². The highest BCUT2D eigenvalue weighted by Gasteiger charge is 2.18. The van der Waals surface area contributed by atoms with Gasteiger partial charge in [-0.3, -0.25) is 0 Å². The van der Waals surface area contributed by atoms with Crippen molar-refractivity contribution in [2.75, 3.05) is 6.54 Å². The highest BCUT2D eigenvalue weighted by Crippen LogP contribution is 2.28. The number of hydrogen-bond acceptors (Lipinski definition) is 4. The van der Waals surface area contributed by atoms with Gasteiger partial charge in [-0.25, -0.2) is 0 Å². The standard InChI is InChI=1S/C25H26N2O2S/c1-17-5-8-19(9-6-17)16-27-23-14-18(2)7-10-21(23)22(24(27)25(28)29)15-26-12-11-20-4-3-13-30-20/h3-10,13-14,26H,11-12,15-16H2,1-2H3,(H,28,29)/p-1. The third-order valence-corrected chi connectivity index (χ3v) is 6.35. The molecular formula is C25H25N2O2S-. The van der Waals surface area contributed by atoms with Crippen molar-refractivity contribution in [2.45, 2.75) is 33.4 Å². The topological polar surface area (TPSA) is 57.1 Å². The lowest BCUT2D eigenvalue weighted by Crippen LogP contribution is -2.28. The molecule has 2 aromatic carbocycles. The zero-order valence-electron chi connectivity index (χ0n) is 17.3. The number of fused-ring (bicyclic) bond motifs is 1. The Kier molecular flexibility index (Phi) is 6.02. The number of carboxylic acids is 1. The first kappa shape index (κ1) is 20.4. The lowest BCUT2D eigenvalue weighted by molar-refractivity contribution is -0.255. The van der Waals surface area contributed by atoms with Crippen LogP contribution < -0.4 is 10.4 Å². The van der Waals surface area contributed by atoms with Gasteiger partial charge in [-0.05, 0) is 48.9 Å². The zero-order valence-corrected chi connectivity index (χ0v) is 18.1. The number of carbonyl (C=O) groups is 1. The van der Waals surface area contributed by atoms with E-state index in [-0.39, 0.29) is 5.69 Å². The summed E-state index contributed by atoms with van der Waals surface area (Å²) in [7, 11) is 0. The Balaban J connectivity index is 1.68. The largest absolute Gasteiger partial charge is 0.543 e. The lowest BCUT2D eigenvalue weighted by Gasteiger charge is -2.14. The monoisotopic (exact) mass is 417 g/mol. The van der Waals surface area contributed by atoms with Crippen LogP contribution in [-0.4, -0.2) is 17.1 Å². The zero-order chi connectivity index (χ0) is 21.1. The highest BCUT2D eigenvalue weighted by molar-refractivity contribution is 7.09. The lowest BCUT2D eigenvalue weighted by atomic mass is 10.1. The molecule has 2 heterocycles. The summed E-state index contributed by atoms with van der Waals surface area (Å²) in [6, 6.07) is 18.5. The minimum Gasteiger partial charge on any atom is -0.543 e. The molecule has 0 bridgehead atoms. The van der Waals surface area contributed by atoms with E-state index in [9.17, 15) is 9.90 Å². The molecule has 0 aliphatic carbocycles. The van der Waals surface area contributed by atoms with E-state index in [1.54, 1.807) is 11.3 Å². The second-order valence-electron chi connectivity index (χ2n) is 7.71. The van der Waals surface area contributed by atoms with Crippen LogP contribution in [0.5, 0.6) is 0 Å². The summed E-state index contributed by atoms with van der Waals surface area (Å²) >= 11 is 1.74. The quantitative estimate of drug-likeness (QED) is 0.440. The second kappa shape index (κ2) is 8.86. The van der Waals surface area contributed by atoms with Crippen LogP contribution in [0, 0.1) is 13.8 Å². The third-order valence-electron chi connectivity index (χ3n) is 5.41. The average Bonchev–Trinajstić information content (AvgIpc) is 3.33. The minimum absolute atomic E-state index is 0.264. The van der Waals surface area contributed by atoms with Crippen LogP contribution in [0.15, 0.2) is 60.0 Å². The van der Waals surface area contributed by atoms with Gasteiger partial charge in [0, 0.05) is 41.0 Å². The molecule has 0 atom stereocenters. The Morgan fingerprint density at radius 3 is 2.53 bits per heavy atom. The van der Waals surface area contributed by atoms with Crippen LogP contribution in [0.25, 0.3) is 10.9 Å². The average molecular weight is 418 g/mol. The first-order valence-corrected chi connectivity index (χ1v) is 11.0. The van der Waals surface area contributed by atoms with Gasteiger partial charge in [0.1, 0.15) is 0 Å². The number of carbonyl (C=O) groups excluding carboxylic acids is 1. The van der Waals surface area contributed by atoms with E-state index in [0.717, 1.165) is 40.6 Å². The maximum atomic E-state index is 12.2. The van der Waals surface area contributed by atoms with E-state index < -0.39 is 5.97 Å². The maximum Gasteiger partial charge on any atom is 0.0884 e. The summed E-state index contributed by atoms with van der Waals surface area (Å²) < 4.78 is 1.89. The van der Waals surface area contributed by atoms with E-state index in [1.165, 1.54) is 10.4 Å². The van der Waals surface area contributed by atoms with Gasteiger partial charge in [-0.2, -0.15) is 0 Å². The highest BCUT2D eigenvalue weighted by atomic mass is 32.1. The second-order valence-corrected chi connectivity index (χ2v) is 8.75. The van der Waals surface area contributed by atoms with Gasteiger partial charge in [0.15, 0.2) is 0 Å². The summed E-state index contributed by atoms with van der Waals surface area (Å²) in [4.78, 5) is 13.5. The molecule has 0 aliphatic rings. The molecular weight excluding hydrogens is 392 g/mol. The predicted molar refractivity (Wildman–Crippen MR) is 121 cm³/mol. The van der Waals surface area contributed by atoms with E-state index in [2.05, 4.69) is 53.2 Å². The third kappa shape index (κ3) is 4.32. The molecule has 30 heavy (non-hydrogen) atoms. The van der Waals surface area contributed by atoms with Crippen LogP contribution in [0.4, 0.5) is 0 Å². The van der Waals surface area contributed by atoms with E-state index in [0.29, 0.717) is 13.1 Å². The number of nitrogens with zero attached hydrogens (tertiary/aromatic N) is 1. The number of aromatic carboxylic acids is 1. The van der Waals surface area contributed by atoms with Crippen molar-refractivity contribution in [3.8, 4) is 0 Å². The van der Waals surface area contributed by atoms with Crippen molar-refractivity contribution >= 4 is 28.2 Å². The van der Waals surface area contributed by atoms with Crippen molar-refractivity contribution < 1.29 is 9.90 Å². The molecule has 5 heteroatoms. The van der Waals surface area contributed by atoms with Crippen LogP contribution >= 0.6 is 11.3 Å². The Hall–Kier alpha value is -2.89. The van der Waals surface area contributed by atoms with Crippen LogP contribution in [0.3, 0.4) is 0 Å². The number of nitrogens with one attached hydrogen (secondary N) is 1. The molecule has 0 spiro atoms. The molecule has 0 unspecified atom stereocenters. The smallest absolute Gasteiger partial charge is 0.0884 e. The molecule has 0 radical (unpaired) electrons. The maximum absolute atomic E-state index is 12.2. The van der Waals surface area contributed by atoms with Crippen molar-refractivity contribution in [1.29, 1.82) is 0 Å². The molecule has 0 saturated carbocycles. The first-order valence-electron chi connectivity index (χ1n) is 10.1. The van der Waals surface area contributed by atoms with Crippen molar-refractivity contribution in [2.24, 2.45) is 0 Å². The fraction of sp³-hybridized carbons (Fsp3) is 0.240. The van der Waals surface area contributed by atoms with Crippen molar-refractivity contribution in [1.82, 2.24) is 9.88 Å². The number of hydrogen-bond donors (Lipinski definition) is 1. The molecule has 0 saturated heterocycles. The molecule has 4 aromatic rings. The number of aromatic nitrogens is 1. The van der Waals surface area contributed by atoms with Crippen LogP contribution in [0.1, 0.15) is 37.6 Å². The Labute approximate surface area is 180 Å². The summed E-state index contributed by atoms with van der Waals surface area (Å²) in [5.74, 6) is -1.13. The van der Waals surface area contributed by atoms with E-state index in [4.69, 9.17) is 0 Å². The number of thiophene rings is 1. The molecule has 1 N–H and O–H groups in total. The first-order chi connectivity index (χ1) is 14.5. The molecule has 0 fully saturated rings. The summed E-state index contributed by atoms with van der Waals surface area (Å²) in [6.45, 7) is 5.86. The van der Waals surface area contributed by atoms with Gasteiger partial charge in [0.25, 0.3) is 0 Å². The minimum atomic E-state index is -1.13. The van der Waals surface area contributed by atoms with Gasteiger partial charge in [-0.1, -0.05) is 48.0 Å². The van der Waals surface area contributed by atoms with Gasteiger partial charge < -0.3 is 19.8 Å². The summed E-state index contributed by atoms with van der Waals surface area (Å²) in [6.07, 6.45) is 0.930. The van der Waals surface area contributed by atoms with Crippen molar-refractivity contribution in [3.63, 3.8) is 0 Å². The number of carboxylic acid groups (broad SMARTS) is 1. The van der Waals surface area contributed by atoms with Gasteiger partial charge in [-0.15, -0.1) is 11.3 Å². The molecule has 4 nitrogen and oxygen atoms in total. The number of aryl methyl sites for hydroxylation is 2. The van der Waals surface area contributed by atoms with Crippen LogP contribution in [0.2, 0.25) is 0 Å². The fourth-order valence-corrected chi connectivity index (χ4v) is 4.57. The Morgan fingerprint density at radius 2 is 1.83 bits per heavy atom. The van der Waals surface area contributed by atoms with Crippen molar-refractivity contribution in [3.05, 3.63) is 92.8 Å². The fourth-order valence-electron chi connectivity index (χ4n) is 3.86. The molecule has 0 aliphatic heterocycles. The molecule has 4 rings (SSSR count). The summed E-state index contributed by atoms with van der Waals surface area (Å²) in [5, 5.41) is 18.7. The molecule has 0 amide bonds. The Morgan fingerprint density at radius 1 is 1.07 bits per heavy atom. The number of rotatable bonds is 8. The van der Waals surface area contributed by atoms with Crippen LogP contribution in [-0.2, 0) is 19.5 Å². The van der Waals surface area contributed by atoms with Gasteiger partial charge in [0.2, 0.25) is 0 Å². The SMILES string of the molecule is Cc1ccc(Cn2c(C(=O)[O-])c(CNCCc3cccs3)c3ccc(C)cc32)cc1. The van der Waals surface area contributed by atoms with E-state index >= 15 is 0 Å². The molecule has 154 valence electrons.